The number of amides is 1. The van der Waals surface area contributed by atoms with Crippen molar-refractivity contribution < 1.29 is 4.79 Å². The summed E-state index contributed by atoms with van der Waals surface area (Å²) < 4.78 is 1.90. The Hall–Kier alpha value is -1.75. The van der Waals surface area contributed by atoms with Crippen LogP contribution in [0.3, 0.4) is 0 Å². The van der Waals surface area contributed by atoms with Gasteiger partial charge in [0, 0.05) is 25.1 Å². The van der Waals surface area contributed by atoms with E-state index in [1.54, 1.807) is 6.20 Å². The molecule has 0 saturated heterocycles. The maximum atomic E-state index is 12.1. The van der Waals surface area contributed by atoms with Gasteiger partial charge in [0.1, 0.15) is 0 Å². The lowest BCUT2D eigenvalue weighted by molar-refractivity contribution is -0.115. The third kappa shape index (κ3) is 3.38. The number of hydrogen-bond donors (Lipinski definition) is 1. The zero-order valence-corrected chi connectivity index (χ0v) is 12.1. The molecule has 0 fully saturated rings. The summed E-state index contributed by atoms with van der Waals surface area (Å²) in [5.41, 5.74) is 1.92. The van der Waals surface area contributed by atoms with Gasteiger partial charge in [-0.25, -0.2) is 4.98 Å². The molecule has 1 N–H and O–H groups in total. The Labute approximate surface area is 117 Å². The zero-order valence-electron chi connectivity index (χ0n) is 11.3. The number of aryl methyl sites for hydroxylation is 2. The van der Waals surface area contributed by atoms with Crippen molar-refractivity contribution in [3.05, 3.63) is 42.2 Å². The van der Waals surface area contributed by atoms with Crippen LogP contribution in [-0.4, -0.2) is 20.7 Å². The first-order chi connectivity index (χ1) is 9.08. The number of aromatic nitrogens is 2. The van der Waals surface area contributed by atoms with Crippen LogP contribution in [0.2, 0.25) is 0 Å². The quantitative estimate of drug-likeness (QED) is 0.873. The number of benzene rings is 1. The predicted octanol–water partition coefficient (Wildman–Crippen LogP) is 2.85. The number of carbonyl (C=O) groups is 1. The van der Waals surface area contributed by atoms with Crippen LogP contribution >= 0.6 is 11.8 Å². The standard InChI is InChI=1S/C14H17N3OS/c1-10-6-4-5-7-12(10)16-13(18)11(2)19-14-15-8-9-17(14)3/h4-9,11H,1-3H3,(H,16,18). The van der Waals surface area contributed by atoms with Crippen molar-refractivity contribution in [2.24, 2.45) is 7.05 Å². The number of hydrogen-bond acceptors (Lipinski definition) is 3. The molecule has 0 saturated carbocycles. The number of rotatable bonds is 4. The van der Waals surface area contributed by atoms with Gasteiger partial charge in [0.05, 0.1) is 5.25 Å². The van der Waals surface area contributed by atoms with E-state index in [1.165, 1.54) is 11.8 Å². The molecule has 1 aromatic carbocycles. The third-order valence-corrected chi connectivity index (χ3v) is 4.00. The summed E-state index contributed by atoms with van der Waals surface area (Å²) in [7, 11) is 1.92. The summed E-state index contributed by atoms with van der Waals surface area (Å²) >= 11 is 1.45. The summed E-state index contributed by atoms with van der Waals surface area (Å²) in [5.74, 6) is -0.0118. The first-order valence-corrected chi connectivity index (χ1v) is 6.96. The van der Waals surface area contributed by atoms with Crippen molar-refractivity contribution in [3.8, 4) is 0 Å². The predicted molar refractivity (Wildman–Crippen MR) is 78.3 cm³/mol. The van der Waals surface area contributed by atoms with Crippen LogP contribution in [-0.2, 0) is 11.8 Å². The highest BCUT2D eigenvalue weighted by Crippen LogP contribution is 2.22. The summed E-state index contributed by atoms with van der Waals surface area (Å²) in [6, 6.07) is 7.76. The molecule has 0 bridgehead atoms. The van der Waals surface area contributed by atoms with E-state index in [4.69, 9.17) is 0 Å². The molecule has 1 unspecified atom stereocenters. The van der Waals surface area contributed by atoms with E-state index >= 15 is 0 Å². The van der Waals surface area contributed by atoms with Gasteiger partial charge in [-0.3, -0.25) is 4.79 Å². The highest BCUT2D eigenvalue weighted by molar-refractivity contribution is 8.00. The van der Waals surface area contributed by atoms with Crippen molar-refractivity contribution in [1.29, 1.82) is 0 Å². The molecular weight excluding hydrogens is 258 g/mol. The molecule has 1 atom stereocenters. The molecule has 5 heteroatoms. The molecule has 0 spiro atoms. The fourth-order valence-electron chi connectivity index (χ4n) is 1.62. The molecule has 1 amide bonds. The van der Waals surface area contributed by atoms with E-state index in [2.05, 4.69) is 10.3 Å². The first-order valence-electron chi connectivity index (χ1n) is 6.08. The average Bonchev–Trinajstić information content (AvgIpc) is 2.78. The second kappa shape index (κ2) is 5.93. The Morgan fingerprint density at radius 1 is 1.42 bits per heavy atom. The van der Waals surface area contributed by atoms with Crippen LogP contribution < -0.4 is 5.32 Å². The Kier molecular flexibility index (Phi) is 4.27. The molecule has 1 aromatic heterocycles. The van der Waals surface area contributed by atoms with E-state index in [0.717, 1.165) is 16.4 Å². The van der Waals surface area contributed by atoms with Crippen LogP contribution in [0.4, 0.5) is 5.69 Å². The second-order valence-electron chi connectivity index (χ2n) is 4.38. The van der Waals surface area contributed by atoms with Crippen LogP contribution in [0.1, 0.15) is 12.5 Å². The SMILES string of the molecule is Cc1ccccc1NC(=O)C(C)Sc1nccn1C. The molecule has 2 rings (SSSR count). The molecular formula is C14H17N3OS. The van der Waals surface area contributed by atoms with Gasteiger partial charge in [-0.15, -0.1) is 0 Å². The second-order valence-corrected chi connectivity index (χ2v) is 5.69. The maximum absolute atomic E-state index is 12.1. The smallest absolute Gasteiger partial charge is 0.237 e. The van der Waals surface area contributed by atoms with E-state index < -0.39 is 0 Å². The number of anilines is 1. The van der Waals surface area contributed by atoms with Gasteiger partial charge < -0.3 is 9.88 Å². The molecule has 100 valence electrons. The lowest BCUT2D eigenvalue weighted by Crippen LogP contribution is -2.23. The number of thioether (sulfide) groups is 1. The lowest BCUT2D eigenvalue weighted by Gasteiger charge is -2.13. The number of imidazole rings is 1. The average molecular weight is 275 g/mol. The molecule has 2 aromatic rings. The van der Waals surface area contributed by atoms with Gasteiger partial charge in [-0.2, -0.15) is 0 Å². The zero-order chi connectivity index (χ0) is 13.8. The Morgan fingerprint density at radius 2 is 2.16 bits per heavy atom. The van der Waals surface area contributed by atoms with Crippen LogP contribution in [0.15, 0.2) is 41.8 Å². The highest BCUT2D eigenvalue weighted by atomic mass is 32.2. The van der Waals surface area contributed by atoms with Crippen molar-refractivity contribution >= 4 is 23.4 Å². The van der Waals surface area contributed by atoms with E-state index in [1.807, 2.05) is 55.9 Å². The van der Waals surface area contributed by atoms with Gasteiger partial charge in [-0.1, -0.05) is 30.0 Å². The topological polar surface area (TPSA) is 46.9 Å². The van der Waals surface area contributed by atoms with E-state index in [0.29, 0.717) is 0 Å². The Morgan fingerprint density at radius 3 is 2.79 bits per heavy atom. The lowest BCUT2D eigenvalue weighted by atomic mass is 10.2. The Balaban J connectivity index is 2.00. The van der Waals surface area contributed by atoms with Crippen molar-refractivity contribution in [2.75, 3.05) is 5.32 Å². The molecule has 4 nitrogen and oxygen atoms in total. The molecule has 0 radical (unpaired) electrons. The summed E-state index contributed by atoms with van der Waals surface area (Å²) in [5, 5.41) is 3.59. The van der Waals surface area contributed by atoms with Crippen LogP contribution in [0.25, 0.3) is 0 Å². The minimum atomic E-state index is -0.194. The number of nitrogens with one attached hydrogen (secondary N) is 1. The fraction of sp³-hybridized carbons (Fsp3) is 0.286. The van der Waals surface area contributed by atoms with E-state index in [9.17, 15) is 4.79 Å². The fourth-order valence-corrected chi connectivity index (χ4v) is 2.46. The van der Waals surface area contributed by atoms with Gasteiger partial charge in [0.2, 0.25) is 5.91 Å². The number of nitrogens with zero attached hydrogens (tertiary/aromatic N) is 2. The third-order valence-electron chi connectivity index (χ3n) is 2.83. The van der Waals surface area contributed by atoms with Gasteiger partial charge in [0.15, 0.2) is 5.16 Å². The highest BCUT2D eigenvalue weighted by Gasteiger charge is 2.17. The minimum Gasteiger partial charge on any atom is -0.329 e. The maximum Gasteiger partial charge on any atom is 0.237 e. The van der Waals surface area contributed by atoms with E-state index in [-0.39, 0.29) is 11.2 Å². The molecule has 0 aliphatic carbocycles. The summed E-state index contributed by atoms with van der Waals surface area (Å²) in [6.07, 6.45) is 3.60. The molecule has 0 aliphatic heterocycles. The largest absolute Gasteiger partial charge is 0.329 e. The summed E-state index contributed by atoms with van der Waals surface area (Å²) in [6.45, 7) is 3.86. The minimum absolute atomic E-state index is 0.0118. The van der Waals surface area contributed by atoms with Gasteiger partial charge in [0.25, 0.3) is 0 Å². The first kappa shape index (κ1) is 13.7. The normalized spacial score (nSPS) is 12.2. The molecule has 1 heterocycles. The van der Waals surface area contributed by atoms with Crippen molar-refractivity contribution in [1.82, 2.24) is 9.55 Å². The number of carbonyl (C=O) groups excluding carboxylic acids is 1. The van der Waals surface area contributed by atoms with Crippen molar-refractivity contribution in [2.45, 2.75) is 24.3 Å². The number of para-hydroxylation sites is 1. The summed E-state index contributed by atoms with van der Waals surface area (Å²) in [4.78, 5) is 16.3. The van der Waals surface area contributed by atoms with Gasteiger partial charge >= 0.3 is 0 Å². The van der Waals surface area contributed by atoms with Crippen molar-refractivity contribution in [3.63, 3.8) is 0 Å². The molecule has 0 aliphatic rings. The van der Waals surface area contributed by atoms with Crippen LogP contribution in [0.5, 0.6) is 0 Å². The molecule has 19 heavy (non-hydrogen) atoms. The van der Waals surface area contributed by atoms with Crippen LogP contribution in [0, 0.1) is 6.92 Å². The Bertz CT molecular complexity index is 580. The van der Waals surface area contributed by atoms with Gasteiger partial charge in [-0.05, 0) is 25.5 Å². The monoisotopic (exact) mass is 275 g/mol.